The maximum absolute atomic E-state index is 13.1. The standard InChI is InChI=1S/C18H21BrN2O/c1-17(2)13-8-9-18(17,3)15-14(13)16(22)21(20(15)4)12-7-5-6-11(19)10-12/h5-7,10,13H,8-9H2,1-4H3. The molecule has 2 aliphatic rings. The van der Waals surface area contributed by atoms with Crippen LogP contribution in [0.1, 0.15) is 50.8 Å². The molecule has 3 nitrogen and oxygen atoms in total. The van der Waals surface area contributed by atoms with Gasteiger partial charge in [-0.2, -0.15) is 0 Å². The van der Waals surface area contributed by atoms with Crippen LogP contribution in [0.25, 0.3) is 5.69 Å². The van der Waals surface area contributed by atoms with E-state index in [1.807, 2.05) is 36.0 Å². The first-order chi connectivity index (χ1) is 10.3. The van der Waals surface area contributed by atoms with E-state index in [1.165, 1.54) is 12.1 Å². The van der Waals surface area contributed by atoms with Crippen LogP contribution in [-0.2, 0) is 12.5 Å². The smallest absolute Gasteiger partial charge is 0.275 e. The summed E-state index contributed by atoms with van der Waals surface area (Å²) in [5.41, 5.74) is 3.66. The van der Waals surface area contributed by atoms with Crippen molar-refractivity contribution in [1.82, 2.24) is 9.36 Å². The zero-order valence-electron chi connectivity index (χ0n) is 13.5. The Balaban J connectivity index is 2.03. The second kappa shape index (κ2) is 4.16. The first-order valence-electron chi connectivity index (χ1n) is 7.87. The van der Waals surface area contributed by atoms with Crippen molar-refractivity contribution in [1.29, 1.82) is 0 Å². The van der Waals surface area contributed by atoms with Gasteiger partial charge in [0.2, 0.25) is 0 Å². The second-order valence-corrected chi connectivity index (χ2v) is 8.44. The van der Waals surface area contributed by atoms with Crippen LogP contribution < -0.4 is 5.56 Å². The summed E-state index contributed by atoms with van der Waals surface area (Å²) in [5.74, 6) is 0.389. The number of fused-ring (bicyclic) bond motifs is 5. The van der Waals surface area contributed by atoms with E-state index in [2.05, 4.69) is 41.4 Å². The molecular weight excluding hydrogens is 340 g/mol. The molecule has 1 fully saturated rings. The van der Waals surface area contributed by atoms with Crippen LogP contribution in [0, 0.1) is 5.41 Å². The molecule has 1 saturated carbocycles. The van der Waals surface area contributed by atoms with Crippen molar-refractivity contribution in [3.8, 4) is 5.69 Å². The van der Waals surface area contributed by atoms with Crippen molar-refractivity contribution < 1.29 is 0 Å². The molecule has 0 aliphatic heterocycles. The first kappa shape index (κ1) is 14.3. The molecule has 4 heteroatoms. The van der Waals surface area contributed by atoms with Crippen LogP contribution in [0.5, 0.6) is 0 Å². The van der Waals surface area contributed by atoms with E-state index in [4.69, 9.17) is 0 Å². The molecule has 2 bridgehead atoms. The number of halogens is 1. The highest BCUT2D eigenvalue weighted by Crippen LogP contribution is 2.66. The number of nitrogens with zero attached hydrogens (tertiary/aromatic N) is 2. The third kappa shape index (κ3) is 1.45. The van der Waals surface area contributed by atoms with Crippen molar-refractivity contribution >= 4 is 15.9 Å². The van der Waals surface area contributed by atoms with Crippen LogP contribution in [0.2, 0.25) is 0 Å². The minimum absolute atomic E-state index is 0.0954. The predicted octanol–water partition coefficient (Wildman–Crippen LogP) is 4.11. The Morgan fingerprint density at radius 2 is 2.00 bits per heavy atom. The molecular formula is C18H21BrN2O. The van der Waals surface area contributed by atoms with Crippen LogP contribution in [0.3, 0.4) is 0 Å². The maximum atomic E-state index is 13.1. The average molecular weight is 361 g/mol. The largest absolute Gasteiger partial charge is 0.284 e. The van der Waals surface area contributed by atoms with E-state index in [1.54, 1.807) is 0 Å². The van der Waals surface area contributed by atoms with E-state index in [0.29, 0.717) is 5.92 Å². The summed E-state index contributed by atoms with van der Waals surface area (Å²) in [7, 11) is 2.03. The van der Waals surface area contributed by atoms with E-state index in [0.717, 1.165) is 22.1 Å². The Labute approximate surface area is 139 Å². The summed E-state index contributed by atoms with van der Waals surface area (Å²) in [6.07, 6.45) is 2.31. The van der Waals surface area contributed by atoms with Gasteiger partial charge in [-0.25, -0.2) is 4.68 Å². The van der Waals surface area contributed by atoms with E-state index in [9.17, 15) is 4.79 Å². The Kier molecular flexibility index (Phi) is 2.71. The first-order valence-corrected chi connectivity index (χ1v) is 8.66. The topological polar surface area (TPSA) is 26.9 Å². The van der Waals surface area contributed by atoms with Gasteiger partial charge in [0.1, 0.15) is 0 Å². The minimum atomic E-state index is 0.0954. The van der Waals surface area contributed by atoms with Gasteiger partial charge in [-0.15, -0.1) is 0 Å². The zero-order chi connectivity index (χ0) is 15.9. The van der Waals surface area contributed by atoms with Gasteiger partial charge in [0.15, 0.2) is 0 Å². The lowest BCUT2D eigenvalue weighted by Gasteiger charge is -2.36. The van der Waals surface area contributed by atoms with Crippen LogP contribution in [0.15, 0.2) is 33.5 Å². The number of aromatic nitrogens is 2. The van der Waals surface area contributed by atoms with Gasteiger partial charge >= 0.3 is 0 Å². The van der Waals surface area contributed by atoms with Gasteiger partial charge in [0, 0.05) is 22.5 Å². The molecule has 0 amide bonds. The summed E-state index contributed by atoms with van der Waals surface area (Å²) in [6, 6.07) is 7.96. The van der Waals surface area contributed by atoms with Crippen molar-refractivity contribution in [2.75, 3.05) is 0 Å². The van der Waals surface area contributed by atoms with Gasteiger partial charge < -0.3 is 0 Å². The molecule has 0 saturated heterocycles. The summed E-state index contributed by atoms with van der Waals surface area (Å²) < 4.78 is 4.93. The van der Waals surface area contributed by atoms with E-state index in [-0.39, 0.29) is 16.4 Å². The fourth-order valence-electron chi connectivity index (χ4n) is 4.92. The fraction of sp³-hybridized carbons (Fsp3) is 0.500. The fourth-order valence-corrected chi connectivity index (χ4v) is 5.31. The van der Waals surface area contributed by atoms with Gasteiger partial charge in [0.25, 0.3) is 5.56 Å². The molecule has 2 unspecified atom stereocenters. The molecule has 1 aromatic heterocycles. The highest BCUT2D eigenvalue weighted by Gasteiger charge is 2.62. The molecule has 0 spiro atoms. The lowest BCUT2D eigenvalue weighted by atomic mass is 9.70. The van der Waals surface area contributed by atoms with E-state index >= 15 is 0 Å². The Hall–Kier alpha value is -1.29. The number of hydrogen-bond donors (Lipinski definition) is 0. The zero-order valence-corrected chi connectivity index (χ0v) is 15.1. The third-order valence-corrected chi connectivity index (χ3v) is 6.94. The minimum Gasteiger partial charge on any atom is -0.284 e. The lowest BCUT2D eigenvalue weighted by Crippen LogP contribution is -2.35. The highest BCUT2D eigenvalue weighted by molar-refractivity contribution is 9.10. The van der Waals surface area contributed by atoms with E-state index < -0.39 is 0 Å². The Morgan fingerprint density at radius 1 is 1.27 bits per heavy atom. The van der Waals surface area contributed by atoms with Crippen LogP contribution >= 0.6 is 15.9 Å². The molecule has 1 aromatic carbocycles. The summed E-state index contributed by atoms with van der Waals surface area (Å²) >= 11 is 3.51. The number of rotatable bonds is 1. The molecule has 2 aromatic rings. The summed E-state index contributed by atoms with van der Waals surface area (Å²) in [6.45, 7) is 6.99. The molecule has 0 radical (unpaired) electrons. The summed E-state index contributed by atoms with van der Waals surface area (Å²) in [5, 5.41) is 0. The molecule has 4 rings (SSSR count). The Morgan fingerprint density at radius 3 is 2.64 bits per heavy atom. The van der Waals surface area contributed by atoms with Crippen LogP contribution in [-0.4, -0.2) is 9.36 Å². The van der Waals surface area contributed by atoms with Gasteiger partial charge in [-0.05, 0) is 42.4 Å². The number of hydrogen-bond acceptors (Lipinski definition) is 1. The van der Waals surface area contributed by atoms with Crippen molar-refractivity contribution in [2.24, 2.45) is 12.5 Å². The SMILES string of the molecule is Cn1c2c(c(=O)n1-c1cccc(Br)c1)C1CCC2(C)C1(C)C. The molecule has 0 N–H and O–H groups in total. The molecule has 2 aliphatic carbocycles. The predicted molar refractivity (Wildman–Crippen MR) is 91.8 cm³/mol. The quantitative estimate of drug-likeness (QED) is 0.751. The van der Waals surface area contributed by atoms with Gasteiger partial charge in [-0.3, -0.25) is 9.48 Å². The number of benzene rings is 1. The Bertz CT molecular complexity index is 845. The highest BCUT2D eigenvalue weighted by atomic mass is 79.9. The van der Waals surface area contributed by atoms with Crippen LogP contribution in [0.4, 0.5) is 0 Å². The van der Waals surface area contributed by atoms with Gasteiger partial charge in [0.05, 0.1) is 11.4 Å². The summed E-state index contributed by atoms with van der Waals surface area (Å²) in [4.78, 5) is 13.1. The molecule has 1 heterocycles. The van der Waals surface area contributed by atoms with Crippen molar-refractivity contribution in [2.45, 2.75) is 44.9 Å². The third-order valence-electron chi connectivity index (χ3n) is 6.45. The maximum Gasteiger partial charge on any atom is 0.275 e. The molecule has 116 valence electrons. The monoisotopic (exact) mass is 360 g/mol. The average Bonchev–Trinajstić information content (AvgIpc) is 2.91. The lowest BCUT2D eigenvalue weighted by molar-refractivity contribution is 0.218. The second-order valence-electron chi connectivity index (χ2n) is 7.53. The van der Waals surface area contributed by atoms with Crippen molar-refractivity contribution in [3.63, 3.8) is 0 Å². The van der Waals surface area contributed by atoms with Gasteiger partial charge in [-0.1, -0.05) is 42.8 Å². The molecule has 22 heavy (non-hydrogen) atoms. The van der Waals surface area contributed by atoms with Crippen molar-refractivity contribution in [3.05, 3.63) is 50.3 Å². The normalized spacial score (nSPS) is 28.1. The molecule has 2 atom stereocenters.